The average molecular weight is 177 g/mol. The predicted molar refractivity (Wildman–Crippen MR) is 45.7 cm³/mol. The zero-order valence-corrected chi connectivity index (χ0v) is 8.09. The zero-order valence-electron chi connectivity index (χ0n) is 8.09. The fourth-order valence-corrected chi connectivity index (χ4v) is 1.02. The van der Waals surface area contributed by atoms with Crippen LogP contribution in [0.4, 0.5) is 0 Å². The van der Waals surface area contributed by atoms with Gasteiger partial charge in [-0.05, 0) is 19.9 Å². The third-order valence-electron chi connectivity index (χ3n) is 1.99. The van der Waals surface area contributed by atoms with Crippen LogP contribution < -0.4 is 5.64 Å². The van der Waals surface area contributed by atoms with Gasteiger partial charge in [0.2, 0.25) is 0 Å². The lowest BCUT2D eigenvalue weighted by Gasteiger charge is -2.43. The van der Waals surface area contributed by atoms with Crippen LogP contribution in [-0.4, -0.2) is 24.9 Å². The van der Waals surface area contributed by atoms with Crippen molar-refractivity contribution < 1.29 is 9.68 Å². The van der Waals surface area contributed by atoms with Gasteiger partial charge in [0.15, 0.2) is 0 Å². The summed E-state index contributed by atoms with van der Waals surface area (Å²) in [6, 6.07) is 0. The Morgan fingerprint density at radius 2 is 1.92 bits per heavy atom. The first-order valence-corrected chi connectivity index (χ1v) is 4.00. The van der Waals surface area contributed by atoms with Gasteiger partial charge in [-0.15, -0.1) is 0 Å². The molecule has 74 valence electrons. The SMILES string of the molecule is CCC(CC)(ONOC)N(C)[O-]. The largest absolute Gasteiger partial charge is 0.783 e. The van der Waals surface area contributed by atoms with Gasteiger partial charge in [0, 0.05) is 0 Å². The molecule has 0 amide bonds. The lowest BCUT2D eigenvalue weighted by molar-refractivity contribution is -0.266. The highest BCUT2D eigenvalue weighted by Crippen LogP contribution is 2.21. The van der Waals surface area contributed by atoms with Crippen molar-refractivity contribution >= 4 is 0 Å². The average Bonchev–Trinajstić information content (AvgIpc) is 2.07. The van der Waals surface area contributed by atoms with E-state index in [4.69, 9.17) is 4.84 Å². The Bertz CT molecular complexity index is 115. The molecule has 0 aromatic heterocycles. The molecule has 0 unspecified atom stereocenters. The Kier molecular flexibility index (Phi) is 5.36. The van der Waals surface area contributed by atoms with Crippen molar-refractivity contribution in [3.8, 4) is 0 Å². The Morgan fingerprint density at radius 1 is 1.42 bits per heavy atom. The van der Waals surface area contributed by atoms with Crippen molar-refractivity contribution in [3.63, 3.8) is 0 Å². The molecule has 0 spiro atoms. The van der Waals surface area contributed by atoms with Crippen molar-refractivity contribution in [2.24, 2.45) is 0 Å². The number of hydrogen-bond acceptors (Lipinski definition) is 5. The highest BCUT2D eigenvalue weighted by atomic mass is 16.9. The molecule has 0 heterocycles. The van der Waals surface area contributed by atoms with E-state index in [0.717, 1.165) is 5.06 Å². The van der Waals surface area contributed by atoms with Gasteiger partial charge in [0.25, 0.3) is 0 Å². The number of rotatable bonds is 6. The maximum atomic E-state index is 11.1. The number of nitrogens with one attached hydrogen (secondary N) is 1. The highest BCUT2D eigenvalue weighted by molar-refractivity contribution is 4.75. The van der Waals surface area contributed by atoms with E-state index < -0.39 is 5.72 Å². The van der Waals surface area contributed by atoms with Crippen LogP contribution in [-0.2, 0) is 9.68 Å². The van der Waals surface area contributed by atoms with Crippen molar-refractivity contribution in [1.82, 2.24) is 10.7 Å². The number of hydroxylamine groups is 2. The van der Waals surface area contributed by atoms with Crippen molar-refractivity contribution in [2.75, 3.05) is 14.2 Å². The number of nitrogens with zero attached hydrogens (tertiary/aromatic N) is 1. The summed E-state index contributed by atoms with van der Waals surface area (Å²) in [7, 11) is 2.87. The maximum Gasteiger partial charge on any atom is 0.133 e. The molecule has 0 saturated carbocycles. The molecule has 0 atom stereocenters. The lowest BCUT2D eigenvalue weighted by atomic mass is 10.1. The van der Waals surface area contributed by atoms with Gasteiger partial charge in [0.05, 0.1) is 7.11 Å². The summed E-state index contributed by atoms with van der Waals surface area (Å²) in [5.74, 6) is 0. The fraction of sp³-hybridized carbons (Fsp3) is 1.00. The monoisotopic (exact) mass is 177 g/mol. The topological polar surface area (TPSA) is 56.8 Å². The van der Waals surface area contributed by atoms with Crippen molar-refractivity contribution in [3.05, 3.63) is 5.21 Å². The van der Waals surface area contributed by atoms with Gasteiger partial charge in [-0.1, -0.05) is 19.5 Å². The molecule has 5 heteroatoms. The molecule has 0 radical (unpaired) electrons. The third kappa shape index (κ3) is 2.69. The smallest absolute Gasteiger partial charge is 0.133 e. The van der Waals surface area contributed by atoms with Crippen LogP contribution in [0.3, 0.4) is 0 Å². The van der Waals surface area contributed by atoms with Crippen molar-refractivity contribution in [2.45, 2.75) is 32.4 Å². The molecule has 0 aliphatic carbocycles. The Balaban J connectivity index is 4.15. The van der Waals surface area contributed by atoms with Crippen LogP contribution in [0.2, 0.25) is 0 Å². The molecule has 0 bridgehead atoms. The van der Waals surface area contributed by atoms with Gasteiger partial charge in [-0.2, -0.15) is 0 Å². The molecular weight excluding hydrogens is 160 g/mol. The summed E-state index contributed by atoms with van der Waals surface area (Å²) < 4.78 is 0. The van der Waals surface area contributed by atoms with E-state index in [1.807, 2.05) is 13.8 Å². The van der Waals surface area contributed by atoms with Gasteiger partial charge in [-0.25, -0.2) is 0 Å². The quantitative estimate of drug-likeness (QED) is 0.485. The minimum absolute atomic E-state index is 0.597. The second-order valence-corrected chi connectivity index (χ2v) is 2.54. The van der Waals surface area contributed by atoms with Crippen LogP contribution in [0.25, 0.3) is 0 Å². The molecule has 0 saturated heterocycles. The van der Waals surface area contributed by atoms with E-state index in [1.54, 1.807) is 0 Å². The third-order valence-corrected chi connectivity index (χ3v) is 1.99. The first-order chi connectivity index (χ1) is 5.63. The van der Waals surface area contributed by atoms with Crippen LogP contribution in [0.5, 0.6) is 0 Å². The first kappa shape index (κ1) is 11.8. The molecule has 0 aliphatic rings. The zero-order chi connectivity index (χ0) is 9.61. The highest BCUT2D eigenvalue weighted by Gasteiger charge is 2.27. The lowest BCUT2D eigenvalue weighted by Crippen LogP contribution is -2.48. The van der Waals surface area contributed by atoms with E-state index >= 15 is 0 Å². The molecule has 0 aliphatic heterocycles. The molecule has 0 fully saturated rings. The van der Waals surface area contributed by atoms with Gasteiger partial charge in [-0.3, -0.25) is 9.68 Å². The minimum Gasteiger partial charge on any atom is -0.783 e. The van der Waals surface area contributed by atoms with E-state index in [9.17, 15) is 5.21 Å². The summed E-state index contributed by atoms with van der Waals surface area (Å²) >= 11 is 0. The first-order valence-electron chi connectivity index (χ1n) is 4.00. The van der Waals surface area contributed by atoms with Crippen molar-refractivity contribution in [1.29, 1.82) is 0 Å². The van der Waals surface area contributed by atoms with Crippen LogP contribution in [0.15, 0.2) is 0 Å². The van der Waals surface area contributed by atoms with Crippen LogP contribution >= 0.6 is 0 Å². The Labute approximate surface area is 73.1 Å². The van der Waals surface area contributed by atoms with E-state index in [1.165, 1.54) is 14.2 Å². The minimum atomic E-state index is -0.823. The maximum absolute atomic E-state index is 11.1. The van der Waals surface area contributed by atoms with E-state index in [-0.39, 0.29) is 0 Å². The molecule has 0 rings (SSSR count). The molecule has 1 N–H and O–H groups in total. The number of hydrogen-bond donors (Lipinski definition) is 1. The second kappa shape index (κ2) is 5.45. The van der Waals surface area contributed by atoms with Crippen LogP contribution in [0.1, 0.15) is 26.7 Å². The van der Waals surface area contributed by atoms with E-state index in [2.05, 4.69) is 10.5 Å². The fourth-order valence-electron chi connectivity index (χ4n) is 1.02. The predicted octanol–water partition coefficient (Wildman–Crippen LogP) is 1.01. The van der Waals surface area contributed by atoms with Gasteiger partial charge in [0.1, 0.15) is 5.72 Å². The molecule has 0 aromatic carbocycles. The molecule has 12 heavy (non-hydrogen) atoms. The second-order valence-electron chi connectivity index (χ2n) is 2.54. The van der Waals surface area contributed by atoms with Crippen LogP contribution in [0, 0.1) is 5.21 Å². The molecular formula is C7H17N2O3-. The Hall–Kier alpha value is -0.200. The summed E-state index contributed by atoms with van der Waals surface area (Å²) in [4.78, 5) is 9.59. The summed E-state index contributed by atoms with van der Waals surface area (Å²) in [6.45, 7) is 3.77. The van der Waals surface area contributed by atoms with Gasteiger partial charge < -0.3 is 10.3 Å². The summed E-state index contributed by atoms with van der Waals surface area (Å²) in [5.41, 5.74) is 1.41. The molecule has 5 nitrogen and oxygen atoms in total. The Morgan fingerprint density at radius 3 is 2.17 bits per heavy atom. The molecule has 0 aromatic rings. The summed E-state index contributed by atoms with van der Waals surface area (Å²) in [6.07, 6.45) is 1.19. The summed E-state index contributed by atoms with van der Waals surface area (Å²) in [5, 5.41) is 11.9. The van der Waals surface area contributed by atoms with Gasteiger partial charge >= 0.3 is 0 Å². The van der Waals surface area contributed by atoms with E-state index in [0.29, 0.717) is 12.8 Å². The normalized spacial score (nSPS) is 12.5. The standard InChI is InChI=1S/C7H17N2O3/c1-5-7(6-2,9(3)10)12-8-11-4/h8H,5-6H2,1-4H3/q-1.